The Bertz CT molecular complexity index is 541. The highest BCUT2D eigenvalue weighted by Gasteiger charge is 2.22. The van der Waals surface area contributed by atoms with Crippen molar-refractivity contribution < 1.29 is 0 Å². The maximum Gasteiger partial charge on any atom is 0.0486 e. The fourth-order valence-electron chi connectivity index (χ4n) is 3.31. The molecule has 0 amide bonds. The molecule has 3 rings (SSSR count). The second-order valence-corrected chi connectivity index (χ2v) is 5.72. The molecule has 0 aliphatic heterocycles. The van der Waals surface area contributed by atoms with Crippen molar-refractivity contribution in [2.24, 2.45) is 11.7 Å². The van der Waals surface area contributed by atoms with Crippen molar-refractivity contribution in [3.05, 3.63) is 35.5 Å². The Morgan fingerprint density at radius 2 is 2.11 bits per heavy atom. The van der Waals surface area contributed by atoms with Gasteiger partial charge < -0.3 is 10.7 Å². The zero-order valence-electron chi connectivity index (χ0n) is 11.1. The molecule has 18 heavy (non-hydrogen) atoms. The van der Waals surface area contributed by atoms with Gasteiger partial charge in [0.25, 0.3) is 0 Å². The van der Waals surface area contributed by atoms with Gasteiger partial charge in [-0.2, -0.15) is 0 Å². The lowest BCUT2D eigenvalue weighted by Gasteiger charge is -2.28. The molecule has 2 heteroatoms. The Morgan fingerprint density at radius 1 is 1.28 bits per heavy atom. The van der Waals surface area contributed by atoms with E-state index in [1.807, 2.05) is 0 Å². The van der Waals surface area contributed by atoms with Gasteiger partial charge in [0.1, 0.15) is 0 Å². The van der Waals surface area contributed by atoms with Crippen LogP contribution in [0.15, 0.2) is 24.4 Å². The van der Waals surface area contributed by atoms with Gasteiger partial charge >= 0.3 is 0 Å². The summed E-state index contributed by atoms with van der Waals surface area (Å²) in [6.07, 6.45) is 8.46. The molecular weight excluding hydrogens is 220 g/mol. The number of benzene rings is 1. The van der Waals surface area contributed by atoms with Crippen LogP contribution in [0, 0.1) is 12.8 Å². The van der Waals surface area contributed by atoms with Crippen LogP contribution < -0.4 is 5.73 Å². The molecule has 1 heterocycles. The van der Waals surface area contributed by atoms with Crippen LogP contribution in [0.1, 0.15) is 36.8 Å². The minimum atomic E-state index is 0.397. The number of aryl methyl sites for hydroxylation is 1. The molecule has 2 aromatic rings. The Labute approximate surface area is 109 Å². The number of aromatic nitrogens is 1. The molecule has 1 saturated carbocycles. The maximum absolute atomic E-state index is 6.26. The summed E-state index contributed by atoms with van der Waals surface area (Å²) in [5.74, 6) is 0.665. The number of fused-ring (bicyclic) bond motifs is 1. The summed E-state index contributed by atoms with van der Waals surface area (Å²) in [6.45, 7) is 2.16. The number of hydrogen-bond acceptors (Lipinski definition) is 1. The minimum Gasteiger partial charge on any atom is -0.361 e. The second-order valence-electron chi connectivity index (χ2n) is 5.72. The van der Waals surface area contributed by atoms with Crippen LogP contribution >= 0.6 is 0 Å². The van der Waals surface area contributed by atoms with Crippen LogP contribution in [-0.4, -0.2) is 11.0 Å². The van der Waals surface area contributed by atoms with Crippen LogP contribution in [0.2, 0.25) is 0 Å². The highest BCUT2D eigenvalue weighted by atomic mass is 14.7. The molecule has 2 atom stereocenters. The summed E-state index contributed by atoms with van der Waals surface area (Å²) in [7, 11) is 0. The van der Waals surface area contributed by atoms with E-state index >= 15 is 0 Å². The highest BCUT2D eigenvalue weighted by Crippen LogP contribution is 2.29. The Hall–Kier alpha value is -1.28. The molecule has 1 aromatic carbocycles. The van der Waals surface area contributed by atoms with Crippen molar-refractivity contribution in [2.75, 3.05) is 0 Å². The summed E-state index contributed by atoms with van der Waals surface area (Å²) in [6, 6.07) is 6.93. The lowest BCUT2D eigenvalue weighted by Crippen LogP contribution is -2.34. The van der Waals surface area contributed by atoms with E-state index in [0.717, 1.165) is 6.42 Å². The number of para-hydroxylation sites is 1. The van der Waals surface area contributed by atoms with E-state index in [4.69, 9.17) is 5.73 Å². The number of H-pyrrole nitrogens is 1. The van der Waals surface area contributed by atoms with E-state index in [-0.39, 0.29) is 0 Å². The maximum atomic E-state index is 6.26. The first kappa shape index (κ1) is 11.8. The van der Waals surface area contributed by atoms with Crippen molar-refractivity contribution in [2.45, 2.75) is 45.1 Å². The summed E-state index contributed by atoms with van der Waals surface area (Å²) >= 11 is 0. The van der Waals surface area contributed by atoms with Gasteiger partial charge in [-0.05, 0) is 43.2 Å². The third kappa shape index (κ3) is 2.05. The molecule has 2 unspecified atom stereocenters. The van der Waals surface area contributed by atoms with Crippen molar-refractivity contribution in [1.82, 2.24) is 4.98 Å². The van der Waals surface area contributed by atoms with Crippen molar-refractivity contribution in [3.8, 4) is 0 Å². The van der Waals surface area contributed by atoms with Crippen LogP contribution in [-0.2, 0) is 6.42 Å². The molecule has 0 spiro atoms. The topological polar surface area (TPSA) is 41.8 Å². The first-order chi connectivity index (χ1) is 8.75. The van der Waals surface area contributed by atoms with Crippen molar-refractivity contribution in [3.63, 3.8) is 0 Å². The van der Waals surface area contributed by atoms with E-state index in [1.54, 1.807) is 0 Å². The lowest BCUT2D eigenvalue weighted by atomic mass is 9.81. The Morgan fingerprint density at radius 3 is 2.94 bits per heavy atom. The highest BCUT2D eigenvalue weighted by molar-refractivity contribution is 5.85. The first-order valence-corrected chi connectivity index (χ1v) is 7.07. The van der Waals surface area contributed by atoms with Crippen LogP contribution in [0.4, 0.5) is 0 Å². The molecule has 2 nitrogen and oxygen atoms in total. The second kappa shape index (κ2) is 4.77. The molecule has 0 radical (unpaired) electrons. The fourth-order valence-corrected chi connectivity index (χ4v) is 3.31. The van der Waals surface area contributed by atoms with Gasteiger partial charge in [-0.25, -0.2) is 0 Å². The summed E-state index contributed by atoms with van der Waals surface area (Å²) in [5.41, 5.74) is 10.3. The van der Waals surface area contributed by atoms with Crippen molar-refractivity contribution in [1.29, 1.82) is 0 Å². The van der Waals surface area contributed by atoms with Gasteiger partial charge in [0.2, 0.25) is 0 Å². The molecule has 1 aliphatic carbocycles. The normalized spacial score (nSPS) is 24.6. The third-order valence-corrected chi connectivity index (χ3v) is 4.46. The standard InChI is InChI=1S/C16H22N2/c1-11-5-4-7-14-13(10-18-16(11)14)9-12-6-2-3-8-15(12)17/h4-5,7,10,12,15,18H,2-3,6,8-9,17H2,1H3. The van der Waals surface area contributed by atoms with E-state index in [0.29, 0.717) is 12.0 Å². The SMILES string of the molecule is Cc1cccc2c(CC3CCCCC3N)c[nH]c12. The van der Waals surface area contributed by atoms with E-state index < -0.39 is 0 Å². The van der Waals surface area contributed by atoms with Gasteiger partial charge in [-0.1, -0.05) is 31.0 Å². The molecule has 1 aromatic heterocycles. The number of rotatable bonds is 2. The van der Waals surface area contributed by atoms with E-state index in [9.17, 15) is 0 Å². The Balaban J connectivity index is 1.88. The summed E-state index contributed by atoms with van der Waals surface area (Å²) in [5, 5.41) is 1.38. The van der Waals surface area contributed by atoms with Gasteiger partial charge in [-0.3, -0.25) is 0 Å². The van der Waals surface area contributed by atoms with Gasteiger partial charge in [-0.15, -0.1) is 0 Å². The van der Waals surface area contributed by atoms with Crippen LogP contribution in [0.5, 0.6) is 0 Å². The molecule has 3 N–H and O–H groups in total. The van der Waals surface area contributed by atoms with E-state index in [1.165, 1.54) is 47.7 Å². The monoisotopic (exact) mass is 242 g/mol. The largest absolute Gasteiger partial charge is 0.361 e. The molecular formula is C16H22N2. The predicted octanol–water partition coefficient (Wildman–Crippen LogP) is 3.54. The molecule has 0 bridgehead atoms. The summed E-state index contributed by atoms with van der Waals surface area (Å²) < 4.78 is 0. The number of hydrogen-bond donors (Lipinski definition) is 2. The van der Waals surface area contributed by atoms with Crippen molar-refractivity contribution >= 4 is 10.9 Å². The quantitative estimate of drug-likeness (QED) is 0.831. The lowest BCUT2D eigenvalue weighted by molar-refractivity contribution is 0.307. The third-order valence-electron chi connectivity index (χ3n) is 4.46. The molecule has 96 valence electrons. The average Bonchev–Trinajstić information content (AvgIpc) is 2.77. The Kier molecular flexibility index (Phi) is 3.13. The predicted molar refractivity (Wildman–Crippen MR) is 76.7 cm³/mol. The molecule has 1 aliphatic rings. The molecule has 0 saturated heterocycles. The van der Waals surface area contributed by atoms with E-state index in [2.05, 4.69) is 36.3 Å². The zero-order chi connectivity index (χ0) is 12.5. The van der Waals surface area contributed by atoms with Gasteiger partial charge in [0.15, 0.2) is 0 Å². The number of nitrogens with one attached hydrogen (secondary N) is 1. The fraction of sp³-hybridized carbons (Fsp3) is 0.500. The summed E-state index contributed by atoms with van der Waals surface area (Å²) in [4.78, 5) is 3.42. The first-order valence-electron chi connectivity index (χ1n) is 7.07. The van der Waals surface area contributed by atoms with Gasteiger partial charge in [0.05, 0.1) is 0 Å². The zero-order valence-corrected chi connectivity index (χ0v) is 11.1. The minimum absolute atomic E-state index is 0.397. The molecule has 1 fully saturated rings. The smallest absolute Gasteiger partial charge is 0.0486 e. The number of nitrogens with two attached hydrogens (primary N) is 1. The number of aromatic amines is 1. The average molecular weight is 242 g/mol. The van der Waals surface area contributed by atoms with Crippen LogP contribution in [0.3, 0.4) is 0 Å². The van der Waals surface area contributed by atoms with Gasteiger partial charge in [0, 0.05) is 23.1 Å². The van der Waals surface area contributed by atoms with Crippen LogP contribution in [0.25, 0.3) is 10.9 Å².